The van der Waals surface area contributed by atoms with Gasteiger partial charge in [-0.15, -0.1) is 0 Å². The van der Waals surface area contributed by atoms with Crippen molar-refractivity contribution in [1.29, 1.82) is 0 Å². The van der Waals surface area contributed by atoms with Gasteiger partial charge >= 0.3 is 5.97 Å². The van der Waals surface area contributed by atoms with Gasteiger partial charge in [-0.2, -0.15) is 0 Å². The highest BCUT2D eigenvalue weighted by Gasteiger charge is 2.31. The summed E-state index contributed by atoms with van der Waals surface area (Å²) in [6, 6.07) is 14.0. The molecular weight excluding hydrogens is 288 g/mol. The molecule has 0 unspecified atom stereocenters. The molecule has 0 bridgehead atoms. The van der Waals surface area contributed by atoms with Gasteiger partial charge in [0.15, 0.2) is 0 Å². The van der Waals surface area contributed by atoms with E-state index in [0.29, 0.717) is 12.2 Å². The van der Waals surface area contributed by atoms with E-state index >= 15 is 0 Å². The van der Waals surface area contributed by atoms with Crippen LogP contribution in [0.5, 0.6) is 11.5 Å². The van der Waals surface area contributed by atoms with Crippen LogP contribution in [0.1, 0.15) is 49.8 Å². The molecular formula is C20H22O3. The van der Waals surface area contributed by atoms with Crippen molar-refractivity contribution in [2.75, 3.05) is 7.11 Å². The van der Waals surface area contributed by atoms with E-state index < -0.39 is 0 Å². The molecule has 0 saturated carbocycles. The number of benzene rings is 2. The van der Waals surface area contributed by atoms with Crippen LogP contribution in [0, 0.1) is 0 Å². The summed E-state index contributed by atoms with van der Waals surface area (Å²) in [5, 5.41) is 0. The van der Waals surface area contributed by atoms with Crippen LogP contribution >= 0.6 is 0 Å². The van der Waals surface area contributed by atoms with Crippen molar-refractivity contribution in [2.24, 2.45) is 0 Å². The molecule has 0 aromatic heterocycles. The van der Waals surface area contributed by atoms with Gasteiger partial charge in [-0.05, 0) is 23.1 Å². The average molecular weight is 310 g/mol. The normalized spacial score (nSPS) is 17.4. The third-order valence-corrected chi connectivity index (χ3v) is 4.36. The molecule has 2 aromatic rings. The molecule has 0 aliphatic carbocycles. The van der Waals surface area contributed by atoms with Gasteiger partial charge in [0.05, 0.1) is 13.5 Å². The lowest BCUT2D eigenvalue weighted by atomic mass is 9.80. The molecule has 0 fully saturated rings. The zero-order valence-corrected chi connectivity index (χ0v) is 14.1. The number of hydrogen-bond acceptors (Lipinski definition) is 3. The van der Waals surface area contributed by atoms with Crippen molar-refractivity contribution in [3.8, 4) is 11.5 Å². The second-order valence-corrected chi connectivity index (χ2v) is 6.98. The number of ether oxygens (including phenoxy) is 2. The summed E-state index contributed by atoms with van der Waals surface area (Å²) >= 11 is 0. The molecule has 1 heterocycles. The van der Waals surface area contributed by atoms with Crippen molar-refractivity contribution in [3.05, 3.63) is 59.2 Å². The van der Waals surface area contributed by atoms with Gasteiger partial charge in [0, 0.05) is 17.0 Å². The SMILES string of the molecule is COc1ccccc1[C@H]1CC(=O)Oc2ccc(C(C)(C)C)cc21. The highest BCUT2D eigenvalue weighted by Crippen LogP contribution is 2.43. The zero-order valence-electron chi connectivity index (χ0n) is 14.1. The van der Waals surface area contributed by atoms with Crippen LogP contribution in [-0.2, 0) is 10.2 Å². The second-order valence-electron chi connectivity index (χ2n) is 6.98. The second kappa shape index (κ2) is 5.73. The number of carbonyl (C=O) groups is 1. The summed E-state index contributed by atoms with van der Waals surface area (Å²) in [6.07, 6.45) is 0.334. The van der Waals surface area contributed by atoms with E-state index in [2.05, 4.69) is 26.8 Å². The Bertz CT molecular complexity index is 741. The quantitative estimate of drug-likeness (QED) is 0.608. The van der Waals surface area contributed by atoms with E-state index in [4.69, 9.17) is 9.47 Å². The number of fused-ring (bicyclic) bond motifs is 1. The van der Waals surface area contributed by atoms with Gasteiger partial charge < -0.3 is 9.47 Å². The lowest BCUT2D eigenvalue weighted by Crippen LogP contribution is -2.22. The minimum Gasteiger partial charge on any atom is -0.496 e. The van der Waals surface area contributed by atoms with Gasteiger partial charge in [-0.3, -0.25) is 4.79 Å². The van der Waals surface area contributed by atoms with Crippen LogP contribution in [0.15, 0.2) is 42.5 Å². The van der Waals surface area contributed by atoms with E-state index in [1.807, 2.05) is 36.4 Å². The average Bonchev–Trinajstić information content (AvgIpc) is 2.52. The predicted molar refractivity (Wildman–Crippen MR) is 90.2 cm³/mol. The van der Waals surface area contributed by atoms with E-state index in [9.17, 15) is 4.79 Å². The van der Waals surface area contributed by atoms with Gasteiger partial charge in [0.1, 0.15) is 11.5 Å². The molecule has 1 aliphatic heterocycles. The molecule has 1 aliphatic rings. The maximum atomic E-state index is 12.0. The fourth-order valence-corrected chi connectivity index (χ4v) is 3.05. The Kier molecular flexibility index (Phi) is 3.88. The number of methoxy groups -OCH3 is 1. The number of carbonyl (C=O) groups excluding carboxylic acids is 1. The van der Waals surface area contributed by atoms with Crippen molar-refractivity contribution < 1.29 is 14.3 Å². The van der Waals surface area contributed by atoms with Crippen molar-refractivity contribution in [3.63, 3.8) is 0 Å². The fraction of sp³-hybridized carbons (Fsp3) is 0.350. The predicted octanol–water partition coefficient (Wildman–Crippen LogP) is 4.43. The third-order valence-electron chi connectivity index (χ3n) is 4.36. The van der Waals surface area contributed by atoms with Crippen LogP contribution in [0.2, 0.25) is 0 Å². The Morgan fingerprint density at radius 1 is 1.09 bits per heavy atom. The molecule has 23 heavy (non-hydrogen) atoms. The molecule has 3 rings (SSSR count). The standard InChI is InChI=1S/C20H22O3/c1-20(2,3)13-9-10-18-16(11-13)15(12-19(21)23-18)14-7-5-6-8-17(14)22-4/h5-11,15H,12H2,1-4H3/t15-/m1/s1. The van der Waals surface area contributed by atoms with Gasteiger partial charge in [-0.1, -0.05) is 51.1 Å². The summed E-state index contributed by atoms with van der Waals surface area (Å²) in [7, 11) is 1.66. The van der Waals surface area contributed by atoms with Crippen LogP contribution < -0.4 is 9.47 Å². The lowest BCUT2D eigenvalue weighted by Gasteiger charge is -2.28. The largest absolute Gasteiger partial charge is 0.496 e. The maximum absolute atomic E-state index is 12.0. The molecule has 0 amide bonds. The van der Waals surface area contributed by atoms with Crippen molar-refractivity contribution in [2.45, 2.75) is 38.5 Å². The lowest BCUT2D eigenvalue weighted by molar-refractivity contribution is -0.135. The smallest absolute Gasteiger partial charge is 0.312 e. The van der Waals surface area contributed by atoms with Crippen LogP contribution in [0.25, 0.3) is 0 Å². The molecule has 0 spiro atoms. The summed E-state index contributed by atoms with van der Waals surface area (Å²) in [5.74, 6) is 1.23. The summed E-state index contributed by atoms with van der Waals surface area (Å²) in [6.45, 7) is 6.55. The Morgan fingerprint density at radius 3 is 2.52 bits per heavy atom. The van der Waals surface area contributed by atoms with E-state index in [1.54, 1.807) is 7.11 Å². The number of esters is 1. The first-order chi connectivity index (χ1) is 10.9. The third kappa shape index (κ3) is 2.96. The van der Waals surface area contributed by atoms with E-state index in [-0.39, 0.29) is 17.3 Å². The molecule has 2 aromatic carbocycles. The summed E-state index contributed by atoms with van der Waals surface area (Å²) in [4.78, 5) is 12.0. The van der Waals surface area contributed by atoms with Crippen molar-refractivity contribution in [1.82, 2.24) is 0 Å². The van der Waals surface area contributed by atoms with E-state index in [1.165, 1.54) is 5.56 Å². The number of rotatable bonds is 2. The van der Waals surface area contributed by atoms with Crippen molar-refractivity contribution >= 4 is 5.97 Å². The molecule has 3 heteroatoms. The van der Waals surface area contributed by atoms with Crippen LogP contribution in [0.4, 0.5) is 0 Å². The maximum Gasteiger partial charge on any atom is 0.312 e. The highest BCUT2D eigenvalue weighted by molar-refractivity contribution is 5.78. The number of para-hydroxylation sites is 1. The van der Waals surface area contributed by atoms with Gasteiger partial charge in [-0.25, -0.2) is 0 Å². The zero-order chi connectivity index (χ0) is 16.6. The molecule has 0 saturated heterocycles. The van der Waals surface area contributed by atoms with Crippen LogP contribution in [0.3, 0.4) is 0 Å². The topological polar surface area (TPSA) is 35.5 Å². The Morgan fingerprint density at radius 2 is 1.83 bits per heavy atom. The summed E-state index contributed by atoms with van der Waals surface area (Å²) < 4.78 is 10.9. The van der Waals surface area contributed by atoms with Gasteiger partial charge in [0.2, 0.25) is 0 Å². The van der Waals surface area contributed by atoms with Gasteiger partial charge in [0.25, 0.3) is 0 Å². The molecule has 120 valence electrons. The first kappa shape index (κ1) is 15.6. The first-order valence-electron chi connectivity index (χ1n) is 7.88. The Labute approximate surface area is 137 Å². The first-order valence-corrected chi connectivity index (χ1v) is 7.88. The van der Waals surface area contributed by atoms with Crippen LogP contribution in [-0.4, -0.2) is 13.1 Å². The molecule has 3 nitrogen and oxygen atoms in total. The number of hydrogen-bond donors (Lipinski definition) is 0. The Hall–Kier alpha value is -2.29. The summed E-state index contributed by atoms with van der Waals surface area (Å²) in [5.41, 5.74) is 3.36. The molecule has 0 radical (unpaired) electrons. The highest BCUT2D eigenvalue weighted by atomic mass is 16.5. The fourth-order valence-electron chi connectivity index (χ4n) is 3.05. The van der Waals surface area contributed by atoms with E-state index in [0.717, 1.165) is 16.9 Å². The minimum atomic E-state index is -0.197. The minimum absolute atomic E-state index is 0.0373. The monoisotopic (exact) mass is 310 g/mol. The molecule has 1 atom stereocenters. The molecule has 0 N–H and O–H groups in total. The Balaban J connectivity index is 2.15.